The molecule has 2 saturated heterocycles. The molecular weight excluding hydrogens is 246 g/mol. The Balaban J connectivity index is 1.59. The highest BCUT2D eigenvalue weighted by molar-refractivity contribution is 7.07. The second-order valence-electron chi connectivity index (χ2n) is 5.47. The molecule has 1 aromatic heterocycles. The van der Waals surface area contributed by atoms with Crippen molar-refractivity contribution in [3.8, 4) is 0 Å². The number of rotatable bonds is 3. The highest BCUT2D eigenvalue weighted by Crippen LogP contribution is 2.33. The van der Waals surface area contributed by atoms with Gasteiger partial charge in [0.05, 0.1) is 12.2 Å². The number of hydrogen-bond donors (Lipinski definition) is 1. The first-order valence-corrected chi connectivity index (χ1v) is 7.72. The van der Waals surface area contributed by atoms with Crippen LogP contribution in [0.25, 0.3) is 0 Å². The van der Waals surface area contributed by atoms with Crippen molar-refractivity contribution in [1.82, 2.24) is 5.32 Å². The van der Waals surface area contributed by atoms with Gasteiger partial charge in [0, 0.05) is 31.7 Å². The van der Waals surface area contributed by atoms with Gasteiger partial charge in [-0.05, 0) is 42.2 Å². The van der Waals surface area contributed by atoms with Crippen molar-refractivity contribution in [2.24, 2.45) is 0 Å². The molecule has 1 spiro atoms. The average Bonchev–Trinajstić information content (AvgIpc) is 3.01. The van der Waals surface area contributed by atoms with Crippen LogP contribution in [-0.2, 0) is 9.47 Å². The summed E-state index contributed by atoms with van der Waals surface area (Å²) in [5.74, 6) is 0. The zero-order chi connectivity index (χ0) is 12.4. The fourth-order valence-corrected chi connectivity index (χ4v) is 3.76. The number of ether oxygens (including phenoxy) is 2. The molecule has 1 N–H and O–H groups in total. The summed E-state index contributed by atoms with van der Waals surface area (Å²) in [5.41, 5.74) is 1.40. The number of hydrogen-bond acceptors (Lipinski definition) is 4. The summed E-state index contributed by atoms with van der Waals surface area (Å²) in [4.78, 5) is 0. The molecule has 3 nitrogen and oxygen atoms in total. The van der Waals surface area contributed by atoms with E-state index in [0.29, 0.717) is 12.1 Å². The van der Waals surface area contributed by atoms with Crippen LogP contribution in [-0.4, -0.2) is 31.5 Å². The molecule has 18 heavy (non-hydrogen) atoms. The topological polar surface area (TPSA) is 30.5 Å². The first-order chi connectivity index (χ1) is 8.77. The van der Waals surface area contributed by atoms with Crippen molar-refractivity contribution in [2.75, 3.05) is 19.8 Å². The minimum Gasteiger partial charge on any atom is -0.378 e. The summed E-state index contributed by atoms with van der Waals surface area (Å²) in [6.07, 6.45) is 3.25. The summed E-state index contributed by atoms with van der Waals surface area (Å²) in [7, 11) is 0. The molecular formula is C14H21NO2S. The molecule has 0 amide bonds. The Morgan fingerprint density at radius 1 is 1.50 bits per heavy atom. The van der Waals surface area contributed by atoms with Gasteiger partial charge in [-0.2, -0.15) is 11.3 Å². The zero-order valence-electron chi connectivity index (χ0n) is 10.9. The molecule has 0 aromatic carbocycles. The van der Waals surface area contributed by atoms with Crippen LogP contribution in [0.15, 0.2) is 16.8 Å². The van der Waals surface area contributed by atoms with E-state index in [-0.39, 0.29) is 5.60 Å². The minimum atomic E-state index is 0.00425. The largest absolute Gasteiger partial charge is 0.378 e. The number of nitrogens with one attached hydrogen (secondary N) is 1. The lowest BCUT2D eigenvalue weighted by Crippen LogP contribution is -2.48. The quantitative estimate of drug-likeness (QED) is 0.913. The third kappa shape index (κ3) is 2.62. The normalized spacial score (nSPS) is 33.9. The Morgan fingerprint density at radius 3 is 3.17 bits per heavy atom. The summed E-state index contributed by atoms with van der Waals surface area (Å²) in [5, 5.41) is 8.11. The predicted molar refractivity (Wildman–Crippen MR) is 73.0 cm³/mol. The van der Waals surface area contributed by atoms with E-state index in [1.807, 2.05) is 0 Å². The van der Waals surface area contributed by atoms with E-state index < -0.39 is 0 Å². The van der Waals surface area contributed by atoms with Crippen LogP contribution in [0, 0.1) is 0 Å². The molecule has 3 heterocycles. The molecule has 100 valence electrons. The maximum Gasteiger partial charge on any atom is 0.0951 e. The standard InChI is InChI=1S/C14H21NO2S/c1-11(12-3-7-18-9-12)15-13-2-5-17-14(8-13)4-6-16-10-14/h3,7,9,11,13,15H,2,4-6,8,10H2,1H3. The lowest BCUT2D eigenvalue weighted by molar-refractivity contribution is -0.0902. The van der Waals surface area contributed by atoms with Crippen molar-refractivity contribution in [3.63, 3.8) is 0 Å². The fourth-order valence-electron chi connectivity index (χ4n) is 3.00. The Hall–Kier alpha value is -0.420. The summed E-state index contributed by atoms with van der Waals surface area (Å²) in [6, 6.07) is 3.19. The van der Waals surface area contributed by atoms with Gasteiger partial charge in [0.15, 0.2) is 0 Å². The van der Waals surface area contributed by atoms with Gasteiger partial charge < -0.3 is 14.8 Å². The molecule has 2 fully saturated rings. The molecule has 3 atom stereocenters. The SMILES string of the molecule is CC(NC1CCOC2(CCOC2)C1)c1ccsc1. The van der Waals surface area contributed by atoms with Crippen LogP contribution < -0.4 is 5.32 Å². The molecule has 3 unspecified atom stereocenters. The third-order valence-corrected chi connectivity index (χ3v) is 4.79. The molecule has 0 radical (unpaired) electrons. The molecule has 0 saturated carbocycles. The van der Waals surface area contributed by atoms with E-state index in [4.69, 9.17) is 9.47 Å². The van der Waals surface area contributed by atoms with E-state index in [1.165, 1.54) is 5.56 Å². The Labute approximate surface area is 112 Å². The van der Waals surface area contributed by atoms with Gasteiger partial charge in [-0.1, -0.05) is 0 Å². The predicted octanol–water partition coefficient (Wildman–Crippen LogP) is 2.74. The molecule has 1 aromatic rings. The van der Waals surface area contributed by atoms with Crippen LogP contribution in [0.5, 0.6) is 0 Å². The van der Waals surface area contributed by atoms with Crippen molar-refractivity contribution >= 4 is 11.3 Å². The third-order valence-electron chi connectivity index (χ3n) is 4.09. The van der Waals surface area contributed by atoms with Crippen LogP contribution >= 0.6 is 11.3 Å². The Kier molecular flexibility index (Phi) is 3.71. The van der Waals surface area contributed by atoms with Crippen molar-refractivity contribution < 1.29 is 9.47 Å². The van der Waals surface area contributed by atoms with Gasteiger partial charge in [0.2, 0.25) is 0 Å². The second kappa shape index (κ2) is 5.29. The van der Waals surface area contributed by atoms with Crippen molar-refractivity contribution in [3.05, 3.63) is 22.4 Å². The summed E-state index contributed by atoms with van der Waals surface area (Å²) < 4.78 is 11.5. The molecule has 0 aliphatic carbocycles. The van der Waals surface area contributed by atoms with Gasteiger partial charge in [-0.15, -0.1) is 0 Å². The highest BCUT2D eigenvalue weighted by Gasteiger charge is 2.41. The maximum absolute atomic E-state index is 5.97. The number of thiophene rings is 1. The smallest absolute Gasteiger partial charge is 0.0951 e. The van der Waals surface area contributed by atoms with Crippen LogP contribution in [0.3, 0.4) is 0 Å². The fraction of sp³-hybridized carbons (Fsp3) is 0.714. The van der Waals surface area contributed by atoms with Crippen molar-refractivity contribution in [2.45, 2.75) is 43.9 Å². The van der Waals surface area contributed by atoms with Gasteiger partial charge in [0.1, 0.15) is 0 Å². The minimum absolute atomic E-state index is 0.00425. The van der Waals surface area contributed by atoms with Gasteiger partial charge >= 0.3 is 0 Å². The van der Waals surface area contributed by atoms with Crippen LogP contribution in [0.1, 0.15) is 37.8 Å². The van der Waals surface area contributed by atoms with E-state index in [9.17, 15) is 0 Å². The lowest BCUT2D eigenvalue weighted by atomic mass is 9.89. The monoisotopic (exact) mass is 267 g/mol. The van der Waals surface area contributed by atoms with E-state index in [1.54, 1.807) is 11.3 Å². The van der Waals surface area contributed by atoms with Crippen LogP contribution in [0.2, 0.25) is 0 Å². The van der Waals surface area contributed by atoms with Crippen molar-refractivity contribution in [1.29, 1.82) is 0 Å². The molecule has 4 heteroatoms. The van der Waals surface area contributed by atoms with Gasteiger partial charge in [0.25, 0.3) is 0 Å². The van der Waals surface area contributed by atoms with E-state index >= 15 is 0 Å². The molecule has 3 rings (SSSR count). The molecule has 0 bridgehead atoms. The summed E-state index contributed by atoms with van der Waals surface area (Å²) in [6.45, 7) is 4.73. The lowest BCUT2D eigenvalue weighted by Gasteiger charge is -2.38. The Morgan fingerprint density at radius 2 is 2.44 bits per heavy atom. The maximum atomic E-state index is 5.97. The first kappa shape index (κ1) is 12.6. The molecule has 2 aliphatic heterocycles. The van der Waals surface area contributed by atoms with Gasteiger partial charge in [-0.25, -0.2) is 0 Å². The average molecular weight is 267 g/mol. The van der Waals surface area contributed by atoms with Crippen LogP contribution in [0.4, 0.5) is 0 Å². The summed E-state index contributed by atoms with van der Waals surface area (Å²) >= 11 is 1.76. The highest BCUT2D eigenvalue weighted by atomic mass is 32.1. The van der Waals surface area contributed by atoms with Gasteiger partial charge in [-0.3, -0.25) is 0 Å². The van der Waals surface area contributed by atoms with E-state index in [0.717, 1.165) is 39.1 Å². The second-order valence-corrected chi connectivity index (χ2v) is 6.25. The Bertz CT molecular complexity index is 373. The van der Waals surface area contributed by atoms with E-state index in [2.05, 4.69) is 29.1 Å². The zero-order valence-corrected chi connectivity index (χ0v) is 11.7. The first-order valence-electron chi connectivity index (χ1n) is 6.77. The molecule has 2 aliphatic rings.